The van der Waals surface area contributed by atoms with E-state index in [-0.39, 0.29) is 11.8 Å². The van der Waals surface area contributed by atoms with Gasteiger partial charge in [0.1, 0.15) is 0 Å². The van der Waals surface area contributed by atoms with Gasteiger partial charge < -0.3 is 14.8 Å². The molecule has 1 N–H and O–H groups in total. The van der Waals surface area contributed by atoms with E-state index in [4.69, 9.17) is 0 Å². The molecule has 0 bridgehead atoms. The highest BCUT2D eigenvalue weighted by molar-refractivity contribution is 5.98. The number of carbonyl (C=O) groups excluding carboxylic acids is 2. The summed E-state index contributed by atoms with van der Waals surface area (Å²) in [5, 5.41) is 6.46. The highest BCUT2D eigenvalue weighted by Gasteiger charge is 2.41. The molecule has 0 spiro atoms. The topological polar surface area (TPSA) is 85.1 Å². The second-order valence-electron chi connectivity index (χ2n) is 9.68. The number of nitrogens with zero attached hydrogens (tertiary/aromatic N) is 5. The number of piperidine rings is 1. The minimum absolute atomic E-state index is 0.145. The number of aryl methyl sites for hydroxylation is 3. The Kier molecular flexibility index (Phi) is 6.46. The lowest BCUT2D eigenvalue weighted by Gasteiger charge is -2.39. The van der Waals surface area contributed by atoms with Crippen LogP contribution in [0.25, 0.3) is 11.0 Å². The number of likely N-dealkylation sites (tertiary alicyclic amines) is 1. The van der Waals surface area contributed by atoms with Gasteiger partial charge in [-0.1, -0.05) is 30.3 Å². The highest BCUT2D eigenvalue weighted by atomic mass is 19.4. The Balaban J connectivity index is 1.41. The van der Waals surface area contributed by atoms with E-state index in [9.17, 15) is 22.8 Å². The molecule has 198 valence electrons. The minimum atomic E-state index is -4.72. The van der Waals surface area contributed by atoms with E-state index in [1.165, 1.54) is 0 Å². The van der Waals surface area contributed by atoms with Gasteiger partial charge in [0.15, 0.2) is 5.69 Å². The van der Waals surface area contributed by atoms with Gasteiger partial charge in [-0.25, -0.2) is 4.98 Å². The number of amides is 2. The van der Waals surface area contributed by atoms with E-state index < -0.39 is 29.4 Å². The fourth-order valence-corrected chi connectivity index (χ4v) is 5.24. The molecule has 2 aromatic heterocycles. The molecular weight excluding hydrogens is 497 g/mol. The minimum Gasteiger partial charge on any atom is -0.348 e. The molecule has 0 saturated carbocycles. The van der Waals surface area contributed by atoms with Crippen LogP contribution in [-0.2, 0) is 20.3 Å². The van der Waals surface area contributed by atoms with Crippen molar-refractivity contribution in [3.8, 4) is 0 Å². The van der Waals surface area contributed by atoms with Crippen LogP contribution in [0.1, 0.15) is 49.9 Å². The first-order valence-corrected chi connectivity index (χ1v) is 12.2. The molecule has 3 heterocycles. The van der Waals surface area contributed by atoms with E-state index in [1.807, 2.05) is 61.0 Å². The predicted octanol–water partition coefficient (Wildman–Crippen LogP) is 4.06. The molecule has 8 nitrogen and oxygen atoms in total. The molecule has 0 radical (unpaired) electrons. The third kappa shape index (κ3) is 4.64. The number of imidazole rings is 1. The fraction of sp³-hybridized carbons (Fsp3) is 0.333. The van der Waals surface area contributed by atoms with Crippen molar-refractivity contribution >= 4 is 22.8 Å². The van der Waals surface area contributed by atoms with Crippen molar-refractivity contribution in [2.75, 3.05) is 13.1 Å². The lowest BCUT2D eigenvalue weighted by molar-refractivity contribution is -0.144. The van der Waals surface area contributed by atoms with E-state index in [0.717, 1.165) is 35.4 Å². The average Bonchev–Trinajstić information content (AvgIpc) is 3.47. The van der Waals surface area contributed by atoms with Crippen molar-refractivity contribution in [2.24, 2.45) is 14.1 Å². The largest absolute Gasteiger partial charge is 0.433 e. The van der Waals surface area contributed by atoms with Crippen LogP contribution in [0.2, 0.25) is 0 Å². The Labute approximate surface area is 217 Å². The lowest BCUT2D eigenvalue weighted by atomic mass is 9.85. The van der Waals surface area contributed by atoms with Crippen LogP contribution in [0.5, 0.6) is 0 Å². The second-order valence-corrected chi connectivity index (χ2v) is 9.68. The Morgan fingerprint density at radius 3 is 2.55 bits per heavy atom. The van der Waals surface area contributed by atoms with Crippen LogP contribution in [0.3, 0.4) is 0 Å². The third-order valence-electron chi connectivity index (χ3n) is 7.16. The molecule has 0 aliphatic carbocycles. The SMILES string of the molecule is Cc1cc(C(=O)N2CC[C@@H](NC(=O)c3cnn(C)c3C(F)(F)F)[C@@H](c3ccccc3)C2)cc2c1ncn2C. The van der Waals surface area contributed by atoms with Crippen LogP contribution in [0.15, 0.2) is 55.0 Å². The summed E-state index contributed by atoms with van der Waals surface area (Å²) in [7, 11) is 3.02. The Bertz CT molecular complexity index is 1510. The first-order valence-electron chi connectivity index (χ1n) is 12.2. The summed E-state index contributed by atoms with van der Waals surface area (Å²) in [6.07, 6.45) is -1.70. The zero-order chi connectivity index (χ0) is 27.2. The molecular formula is C27H27F3N6O2. The molecule has 2 atom stereocenters. The van der Waals surface area contributed by atoms with Crippen molar-refractivity contribution < 1.29 is 22.8 Å². The van der Waals surface area contributed by atoms with Crippen LogP contribution in [0.4, 0.5) is 13.2 Å². The van der Waals surface area contributed by atoms with E-state index >= 15 is 0 Å². The summed E-state index contributed by atoms with van der Waals surface area (Å²) in [6.45, 7) is 2.55. The van der Waals surface area contributed by atoms with Gasteiger partial charge in [0.25, 0.3) is 11.8 Å². The summed E-state index contributed by atoms with van der Waals surface area (Å²) in [4.78, 5) is 32.7. The van der Waals surface area contributed by atoms with Gasteiger partial charge >= 0.3 is 6.18 Å². The smallest absolute Gasteiger partial charge is 0.348 e. The van der Waals surface area contributed by atoms with Crippen LogP contribution in [0, 0.1) is 6.92 Å². The molecule has 1 aliphatic rings. The summed E-state index contributed by atoms with van der Waals surface area (Å²) >= 11 is 0. The summed E-state index contributed by atoms with van der Waals surface area (Å²) < 4.78 is 43.2. The quantitative estimate of drug-likeness (QED) is 0.436. The first kappa shape index (κ1) is 25.5. The van der Waals surface area contributed by atoms with Gasteiger partial charge in [-0.15, -0.1) is 0 Å². The van der Waals surface area contributed by atoms with Crippen molar-refractivity contribution in [3.05, 3.63) is 82.9 Å². The Morgan fingerprint density at radius 1 is 1.11 bits per heavy atom. The summed E-state index contributed by atoms with van der Waals surface area (Å²) in [6, 6.07) is 12.5. The van der Waals surface area contributed by atoms with E-state index in [2.05, 4.69) is 15.4 Å². The number of fused-ring (bicyclic) bond motifs is 1. The number of benzene rings is 2. The van der Waals surface area contributed by atoms with Crippen molar-refractivity contribution in [3.63, 3.8) is 0 Å². The van der Waals surface area contributed by atoms with Gasteiger partial charge in [0, 0.05) is 44.7 Å². The standard InChI is InChI=1S/C27H27F3N6O2/c1-16-11-18(12-22-23(16)31-15-34(22)2)26(38)36-10-9-21(20(14-36)17-7-5-4-6-8-17)33-25(37)19-13-32-35(3)24(19)27(28,29)30/h4-8,11-13,15,20-21H,9-10,14H2,1-3H3,(H,33,37)/t20-,21-/m1/s1. The van der Waals surface area contributed by atoms with Crippen LogP contribution < -0.4 is 5.32 Å². The monoisotopic (exact) mass is 524 g/mol. The summed E-state index contributed by atoms with van der Waals surface area (Å²) in [5.41, 5.74) is 2.39. The maximum absolute atomic E-state index is 13.6. The predicted molar refractivity (Wildman–Crippen MR) is 135 cm³/mol. The third-order valence-corrected chi connectivity index (χ3v) is 7.16. The molecule has 2 amide bonds. The molecule has 1 fully saturated rings. The first-order chi connectivity index (χ1) is 18.0. The van der Waals surface area contributed by atoms with E-state index in [0.29, 0.717) is 29.8 Å². The number of alkyl halides is 3. The Hall–Kier alpha value is -4.15. The normalized spacial score (nSPS) is 18.1. The van der Waals surface area contributed by atoms with Gasteiger partial charge in [-0.2, -0.15) is 18.3 Å². The number of hydrogen-bond donors (Lipinski definition) is 1. The molecule has 1 aliphatic heterocycles. The number of carbonyl (C=O) groups is 2. The van der Waals surface area contributed by atoms with Crippen molar-refractivity contribution in [1.29, 1.82) is 0 Å². The van der Waals surface area contributed by atoms with Gasteiger partial charge in [-0.05, 0) is 36.6 Å². The van der Waals surface area contributed by atoms with Gasteiger partial charge in [-0.3, -0.25) is 14.3 Å². The van der Waals surface area contributed by atoms with Gasteiger partial charge in [0.2, 0.25) is 0 Å². The van der Waals surface area contributed by atoms with E-state index in [1.54, 1.807) is 11.2 Å². The van der Waals surface area contributed by atoms with Crippen molar-refractivity contribution in [2.45, 2.75) is 31.5 Å². The Morgan fingerprint density at radius 2 is 1.84 bits per heavy atom. The average molecular weight is 525 g/mol. The zero-order valence-electron chi connectivity index (χ0n) is 21.2. The number of rotatable bonds is 4. The molecule has 0 unspecified atom stereocenters. The molecule has 5 rings (SSSR count). The lowest BCUT2D eigenvalue weighted by Crippen LogP contribution is -2.51. The van der Waals surface area contributed by atoms with Crippen LogP contribution >= 0.6 is 0 Å². The number of nitrogens with one attached hydrogen (secondary N) is 1. The molecule has 1 saturated heterocycles. The number of hydrogen-bond acceptors (Lipinski definition) is 4. The van der Waals surface area contributed by atoms with Crippen molar-refractivity contribution in [1.82, 2.24) is 29.5 Å². The number of halogens is 3. The zero-order valence-corrected chi connectivity index (χ0v) is 21.2. The maximum Gasteiger partial charge on any atom is 0.433 e. The molecule has 38 heavy (non-hydrogen) atoms. The molecule has 4 aromatic rings. The molecule has 11 heteroatoms. The second kappa shape index (κ2) is 9.62. The number of aromatic nitrogens is 4. The maximum atomic E-state index is 13.6. The van der Waals surface area contributed by atoms with Gasteiger partial charge in [0.05, 0.1) is 29.1 Å². The highest BCUT2D eigenvalue weighted by Crippen LogP contribution is 2.33. The fourth-order valence-electron chi connectivity index (χ4n) is 5.24. The summed E-state index contributed by atoms with van der Waals surface area (Å²) in [5.74, 6) is -1.30. The van der Waals surface area contributed by atoms with Crippen LogP contribution in [-0.4, -0.2) is 55.2 Å². The molecule has 2 aromatic carbocycles.